The molecule has 27 heavy (non-hydrogen) atoms. The molecule has 0 radical (unpaired) electrons. The summed E-state index contributed by atoms with van der Waals surface area (Å²) in [4.78, 5) is 23.8. The normalized spacial score (nSPS) is 49.4. The standard InChI is InChI=1S/C22H30O5/c1-11-17-13(26-19(11)24)10-15-21(5)8-7-16(25-12(2)23)20(3,4)14(21)6-9-22(15)18(17)27-22/h13-16,18H,6-10H2,1-5H3/t13-,14-,15+,16-,18-,21-,22+/m1/s1. The first-order valence-electron chi connectivity index (χ1n) is 10.4. The van der Waals surface area contributed by atoms with Gasteiger partial charge in [0.1, 0.15) is 23.9 Å². The number of ether oxygens (including phenoxy) is 3. The van der Waals surface area contributed by atoms with E-state index in [0.29, 0.717) is 11.8 Å². The summed E-state index contributed by atoms with van der Waals surface area (Å²) in [7, 11) is 0. The third-order valence-electron chi connectivity index (χ3n) is 8.78. The Bertz CT molecular complexity index is 767. The van der Waals surface area contributed by atoms with Crippen LogP contribution in [0.3, 0.4) is 0 Å². The van der Waals surface area contributed by atoms with Crippen LogP contribution in [0.15, 0.2) is 11.1 Å². The molecule has 1 saturated heterocycles. The minimum atomic E-state index is -0.185. The molecule has 5 nitrogen and oxygen atoms in total. The molecular weight excluding hydrogens is 344 g/mol. The van der Waals surface area contributed by atoms with Gasteiger partial charge >= 0.3 is 11.9 Å². The maximum Gasteiger partial charge on any atom is 0.334 e. The maximum absolute atomic E-state index is 12.1. The molecule has 0 aromatic heterocycles. The molecule has 1 spiro atoms. The molecule has 5 aliphatic rings. The number of hydrogen-bond donors (Lipinski definition) is 0. The van der Waals surface area contributed by atoms with Crippen LogP contribution >= 0.6 is 0 Å². The highest BCUT2D eigenvalue weighted by Crippen LogP contribution is 2.72. The van der Waals surface area contributed by atoms with E-state index in [1.807, 2.05) is 6.92 Å². The van der Waals surface area contributed by atoms with Crippen LogP contribution in [0, 0.1) is 22.7 Å². The summed E-state index contributed by atoms with van der Waals surface area (Å²) in [6.45, 7) is 10.3. The number of carbonyl (C=O) groups excluding carboxylic acids is 2. The highest BCUT2D eigenvalue weighted by molar-refractivity contribution is 5.92. The Balaban J connectivity index is 1.49. The molecule has 3 saturated carbocycles. The lowest BCUT2D eigenvalue weighted by Crippen LogP contribution is -2.61. The molecule has 2 heterocycles. The molecule has 3 aliphatic carbocycles. The molecule has 7 atom stereocenters. The molecule has 4 fully saturated rings. The second kappa shape index (κ2) is 5.16. The molecule has 0 aromatic carbocycles. The zero-order valence-corrected chi connectivity index (χ0v) is 17.0. The highest BCUT2D eigenvalue weighted by Gasteiger charge is 2.75. The molecule has 0 amide bonds. The number of rotatable bonds is 1. The zero-order valence-electron chi connectivity index (χ0n) is 17.0. The van der Waals surface area contributed by atoms with Gasteiger partial charge in [0.15, 0.2) is 0 Å². The van der Waals surface area contributed by atoms with Crippen LogP contribution < -0.4 is 0 Å². The lowest BCUT2D eigenvalue weighted by Gasteiger charge is -2.61. The average Bonchev–Trinajstić information content (AvgIpc) is 3.22. The summed E-state index contributed by atoms with van der Waals surface area (Å²) in [6.07, 6.45) is 4.84. The van der Waals surface area contributed by atoms with Crippen molar-refractivity contribution in [2.24, 2.45) is 22.7 Å². The quantitative estimate of drug-likeness (QED) is 0.519. The molecule has 0 aromatic rings. The Kier molecular flexibility index (Phi) is 3.39. The summed E-state index contributed by atoms with van der Waals surface area (Å²) in [5.74, 6) is 0.501. The van der Waals surface area contributed by atoms with Crippen LogP contribution in [0.4, 0.5) is 0 Å². The summed E-state index contributed by atoms with van der Waals surface area (Å²) in [5, 5.41) is 0. The van der Waals surface area contributed by atoms with Crippen molar-refractivity contribution >= 4 is 11.9 Å². The monoisotopic (exact) mass is 374 g/mol. The van der Waals surface area contributed by atoms with Gasteiger partial charge in [0, 0.05) is 29.4 Å². The van der Waals surface area contributed by atoms with Crippen LogP contribution in [0.2, 0.25) is 0 Å². The molecule has 0 unspecified atom stereocenters. The van der Waals surface area contributed by atoms with Crippen molar-refractivity contribution in [3.05, 3.63) is 11.1 Å². The fourth-order valence-electron chi connectivity index (χ4n) is 7.53. The van der Waals surface area contributed by atoms with E-state index in [9.17, 15) is 9.59 Å². The fourth-order valence-corrected chi connectivity index (χ4v) is 7.53. The van der Waals surface area contributed by atoms with Gasteiger partial charge in [-0.2, -0.15) is 0 Å². The van der Waals surface area contributed by atoms with Gasteiger partial charge in [0.05, 0.1) is 0 Å². The zero-order chi connectivity index (χ0) is 19.4. The Morgan fingerprint density at radius 2 is 1.89 bits per heavy atom. The van der Waals surface area contributed by atoms with E-state index >= 15 is 0 Å². The van der Waals surface area contributed by atoms with E-state index in [2.05, 4.69) is 20.8 Å². The minimum absolute atomic E-state index is 0.0244. The second-order valence-electron chi connectivity index (χ2n) is 10.3. The maximum atomic E-state index is 12.1. The first kappa shape index (κ1) is 17.7. The topological polar surface area (TPSA) is 65.1 Å². The number of hydrogen-bond acceptors (Lipinski definition) is 5. The van der Waals surface area contributed by atoms with Crippen molar-refractivity contribution in [2.45, 2.75) is 90.6 Å². The number of esters is 2. The summed E-state index contributed by atoms with van der Waals surface area (Å²) in [6, 6.07) is 0. The van der Waals surface area contributed by atoms with Gasteiger partial charge in [-0.1, -0.05) is 20.8 Å². The number of carbonyl (C=O) groups is 2. The summed E-state index contributed by atoms with van der Waals surface area (Å²) in [5.41, 5.74) is 1.83. The largest absolute Gasteiger partial charge is 0.462 e. The van der Waals surface area contributed by atoms with Gasteiger partial charge in [-0.25, -0.2) is 4.79 Å². The summed E-state index contributed by atoms with van der Waals surface area (Å²) >= 11 is 0. The molecule has 5 heteroatoms. The smallest absolute Gasteiger partial charge is 0.334 e. The fraction of sp³-hybridized carbons (Fsp3) is 0.818. The van der Waals surface area contributed by atoms with Crippen molar-refractivity contribution in [1.82, 2.24) is 0 Å². The highest BCUT2D eigenvalue weighted by atomic mass is 16.6. The lowest BCUT2D eigenvalue weighted by atomic mass is 9.43. The molecule has 148 valence electrons. The van der Waals surface area contributed by atoms with Crippen LogP contribution in [-0.2, 0) is 23.8 Å². The average molecular weight is 374 g/mol. The Morgan fingerprint density at radius 3 is 2.59 bits per heavy atom. The van der Waals surface area contributed by atoms with Crippen molar-refractivity contribution in [3.8, 4) is 0 Å². The van der Waals surface area contributed by atoms with Gasteiger partial charge in [0.25, 0.3) is 0 Å². The van der Waals surface area contributed by atoms with E-state index in [1.165, 1.54) is 6.92 Å². The Morgan fingerprint density at radius 1 is 1.15 bits per heavy atom. The van der Waals surface area contributed by atoms with Crippen LogP contribution in [0.1, 0.15) is 66.7 Å². The SMILES string of the molecule is CC(=O)O[C@@H]1CC[C@]2(C)[C@H](CC[C@@]34O[C@@H]3C3=C(C)C(=O)O[C@@H]3C[C@@H]24)C1(C)C. The predicted molar refractivity (Wildman–Crippen MR) is 97.7 cm³/mol. The second-order valence-corrected chi connectivity index (χ2v) is 10.3. The number of fused-ring (bicyclic) bond motifs is 4. The van der Waals surface area contributed by atoms with Crippen molar-refractivity contribution < 1.29 is 23.8 Å². The van der Waals surface area contributed by atoms with E-state index in [0.717, 1.165) is 43.3 Å². The molecule has 5 rings (SSSR count). The molecule has 0 bridgehead atoms. The van der Waals surface area contributed by atoms with Gasteiger partial charge < -0.3 is 14.2 Å². The van der Waals surface area contributed by atoms with Gasteiger partial charge in [0.2, 0.25) is 0 Å². The van der Waals surface area contributed by atoms with Gasteiger partial charge in [-0.15, -0.1) is 0 Å². The summed E-state index contributed by atoms with van der Waals surface area (Å²) < 4.78 is 17.8. The van der Waals surface area contributed by atoms with Crippen molar-refractivity contribution in [3.63, 3.8) is 0 Å². The minimum Gasteiger partial charge on any atom is -0.462 e. The van der Waals surface area contributed by atoms with Gasteiger partial charge in [-0.05, 0) is 50.4 Å². The van der Waals surface area contributed by atoms with E-state index in [-0.39, 0.29) is 46.7 Å². The van der Waals surface area contributed by atoms with E-state index < -0.39 is 0 Å². The third-order valence-corrected chi connectivity index (χ3v) is 8.78. The first-order valence-corrected chi connectivity index (χ1v) is 10.4. The Hall–Kier alpha value is -1.36. The molecular formula is C22H30O5. The van der Waals surface area contributed by atoms with Crippen LogP contribution in [0.5, 0.6) is 0 Å². The number of epoxide rings is 1. The molecule has 0 N–H and O–H groups in total. The Labute approximate surface area is 160 Å². The van der Waals surface area contributed by atoms with E-state index in [1.54, 1.807) is 0 Å². The predicted octanol–water partition coefficient (Wildman–Crippen LogP) is 3.55. The molecule has 2 aliphatic heterocycles. The van der Waals surface area contributed by atoms with Crippen molar-refractivity contribution in [1.29, 1.82) is 0 Å². The van der Waals surface area contributed by atoms with Gasteiger partial charge in [-0.3, -0.25) is 4.79 Å². The van der Waals surface area contributed by atoms with Crippen molar-refractivity contribution in [2.75, 3.05) is 0 Å². The van der Waals surface area contributed by atoms with E-state index in [4.69, 9.17) is 14.2 Å². The third kappa shape index (κ3) is 2.10. The lowest BCUT2D eigenvalue weighted by molar-refractivity contribution is -0.187. The van der Waals surface area contributed by atoms with Crippen LogP contribution in [-0.4, -0.2) is 35.9 Å². The van der Waals surface area contributed by atoms with Crippen LogP contribution in [0.25, 0.3) is 0 Å². The first-order chi connectivity index (χ1) is 12.6.